The molecule has 0 radical (unpaired) electrons. The van der Waals surface area contributed by atoms with Crippen LogP contribution in [0, 0.1) is 13.8 Å². The molecule has 0 unspecified atom stereocenters. The molecule has 1 nitrogen and oxygen atoms in total. The third-order valence-electron chi connectivity index (χ3n) is 12.2. The van der Waals surface area contributed by atoms with Crippen LogP contribution in [0.1, 0.15) is 140 Å². The Morgan fingerprint density at radius 1 is 0.438 bits per heavy atom. The van der Waals surface area contributed by atoms with Crippen molar-refractivity contribution in [2.75, 3.05) is 7.11 Å². The molecule has 0 atom stereocenters. The minimum absolute atomic E-state index is 0.0871. The minimum Gasteiger partial charge on any atom is -0.496 e. The summed E-state index contributed by atoms with van der Waals surface area (Å²) in [7, 11) is 1.78. The summed E-state index contributed by atoms with van der Waals surface area (Å²) >= 11 is 0. The Hall–Kier alpha value is -1.68. The molecule has 4 saturated carbocycles. The number of hydrogen-bond acceptors (Lipinski definition) is 1. The summed E-state index contributed by atoms with van der Waals surface area (Å²) in [6, 6.07) is 25.1. The minimum atomic E-state index is -0.122. The van der Waals surface area contributed by atoms with E-state index in [-0.39, 0.29) is 15.8 Å². The molecule has 0 spiro atoms. The van der Waals surface area contributed by atoms with Gasteiger partial charge < -0.3 is 4.74 Å². The Bertz CT molecular complexity index is 1360. The lowest BCUT2D eigenvalue weighted by atomic mass is 9.99. The molecule has 0 amide bonds. The average Bonchev–Trinajstić information content (AvgIpc) is 3.15. The predicted molar refractivity (Wildman–Crippen MR) is 215 cm³/mol. The van der Waals surface area contributed by atoms with Crippen LogP contribution in [0.4, 0.5) is 0 Å². The van der Waals surface area contributed by atoms with E-state index in [1.165, 1.54) is 145 Å². The van der Waals surface area contributed by atoms with Crippen molar-refractivity contribution in [1.29, 1.82) is 0 Å². The van der Waals surface area contributed by atoms with Crippen LogP contribution in [-0.2, 0) is 0 Å². The van der Waals surface area contributed by atoms with Crippen molar-refractivity contribution in [3.8, 4) is 16.9 Å². The molecule has 0 aromatic heterocycles. The van der Waals surface area contributed by atoms with E-state index in [0.717, 1.165) is 28.4 Å². The van der Waals surface area contributed by atoms with E-state index >= 15 is 0 Å². The standard InChI is InChI=1S/C26H35OP.C19H29P/c1-20-12-11-18-24(27-2)26(20)23-17-9-10-19-25(23)28(21-13-5-3-6-14-21)22-15-7-4-8-16-22;1-16-10-8-9-15-19(16)20(17-11-4-2-5-12-17)18-13-6-3-7-14-18/h9-12,17-19,21-22H,3-8,13-16H2,1-2H3;8-10,15,17-18H,2-7,11-14H2,1H3. The smallest absolute Gasteiger partial charge is 0.126 e. The zero-order valence-electron chi connectivity index (χ0n) is 30.6. The van der Waals surface area contributed by atoms with E-state index < -0.39 is 0 Å². The van der Waals surface area contributed by atoms with Gasteiger partial charge in [-0.3, -0.25) is 0 Å². The third-order valence-corrected chi connectivity index (χ3v) is 19.4. The molecule has 0 saturated heterocycles. The highest BCUT2D eigenvalue weighted by Gasteiger charge is 2.35. The van der Waals surface area contributed by atoms with Gasteiger partial charge in [-0.25, -0.2) is 0 Å². The largest absolute Gasteiger partial charge is 0.496 e. The topological polar surface area (TPSA) is 9.23 Å². The first-order chi connectivity index (χ1) is 23.7. The second-order valence-electron chi connectivity index (χ2n) is 15.4. The van der Waals surface area contributed by atoms with Gasteiger partial charge in [0.15, 0.2) is 0 Å². The maximum absolute atomic E-state index is 5.81. The van der Waals surface area contributed by atoms with Crippen LogP contribution in [0.5, 0.6) is 5.75 Å². The zero-order valence-corrected chi connectivity index (χ0v) is 32.4. The summed E-state index contributed by atoms with van der Waals surface area (Å²) in [4.78, 5) is 0. The molecular weight excluding hydrogens is 618 g/mol. The summed E-state index contributed by atoms with van der Waals surface area (Å²) in [5, 5.41) is 3.41. The van der Waals surface area contributed by atoms with Crippen LogP contribution in [0.3, 0.4) is 0 Å². The van der Waals surface area contributed by atoms with Crippen molar-refractivity contribution >= 4 is 26.5 Å². The second-order valence-corrected chi connectivity index (χ2v) is 21.0. The van der Waals surface area contributed by atoms with Crippen LogP contribution >= 0.6 is 15.8 Å². The van der Waals surface area contributed by atoms with Crippen LogP contribution < -0.4 is 15.3 Å². The van der Waals surface area contributed by atoms with Crippen molar-refractivity contribution in [1.82, 2.24) is 0 Å². The Morgan fingerprint density at radius 2 is 0.833 bits per heavy atom. The predicted octanol–water partition coefficient (Wildman–Crippen LogP) is 13.2. The highest BCUT2D eigenvalue weighted by Crippen LogP contribution is 2.57. The summed E-state index contributed by atoms with van der Waals surface area (Å²) in [5.41, 5.74) is 9.56. The van der Waals surface area contributed by atoms with Crippen LogP contribution in [0.2, 0.25) is 0 Å². The van der Waals surface area contributed by atoms with Gasteiger partial charge in [-0.15, -0.1) is 0 Å². The number of rotatable bonds is 8. The Labute approximate surface area is 296 Å². The maximum atomic E-state index is 5.81. The number of aryl methyl sites for hydroxylation is 2. The van der Waals surface area contributed by atoms with Gasteiger partial charge in [0, 0.05) is 5.56 Å². The molecule has 260 valence electrons. The molecule has 3 heteroatoms. The molecule has 0 aliphatic heterocycles. The lowest BCUT2D eigenvalue weighted by Crippen LogP contribution is -2.27. The van der Waals surface area contributed by atoms with Crippen LogP contribution in [0.25, 0.3) is 11.1 Å². The van der Waals surface area contributed by atoms with E-state index in [4.69, 9.17) is 4.74 Å². The van der Waals surface area contributed by atoms with Gasteiger partial charge in [0.05, 0.1) is 7.11 Å². The number of hydrogen-bond donors (Lipinski definition) is 0. The summed E-state index contributed by atoms with van der Waals surface area (Å²) < 4.78 is 5.81. The monoisotopic (exact) mass is 682 g/mol. The van der Waals surface area contributed by atoms with Gasteiger partial charge in [0.1, 0.15) is 5.75 Å². The first kappa shape index (κ1) is 36.1. The summed E-state index contributed by atoms with van der Waals surface area (Å²) in [6.07, 6.45) is 29.4. The number of methoxy groups -OCH3 is 1. The van der Waals surface area contributed by atoms with Crippen molar-refractivity contribution < 1.29 is 4.74 Å². The fourth-order valence-electron chi connectivity index (χ4n) is 9.74. The number of benzene rings is 3. The van der Waals surface area contributed by atoms with Crippen molar-refractivity contribution in [3.63, 3.8) is 0 Å². The molecule has 4 aliphatic carbocycles. The molecular formula is C45H64OP2. The first-order valence-electron chi connectivity index (χ1n) is 20.0. The molecule has 3 aromatic rings. The molecule has 0 bridgehead atoms. The van der Waals surface area contributed by atoms with E-state index in [2.05, 4.69) is 80.6 Å². The van der Waals surface area contributed by atoms with Gasteiger partial charge in [-0.2, -0.15) is 0 Å². The van der Waals surface area contributed by atoms with Gasteiger partial charge in [-0.1, -0.05) is 154 Å². The normalized spacial score (nSPS) is 20.4. The van der Waals surface area contributed by atoms with Gasteiger partial charge in [-0.05, 0) is 121 Å². The second kappa shape index (κ2) is 18.5. The van der Waals surface area contributed by atoms with Crippen molar-refractivity contribution in [3.05, 3.63) is 77.9 Å². The van der Waals surface area contributed by atoms with Gasteiger partial charge in [0.2, 0.25) is 0 Å². The molecule has 7 rings (SSSR count). The Balaban J connectivity index is 0.000000177. The Kier molecular flexibility index (Phi) is 13.9. The maximum Gasteiger partial charge on any atom is 0.126 e. The summed E-state index contributed by atoms with van der Waals surface area (Å²) in [5.74, 6) is 1.02. The SMILES string of the molecule is COc1cccc(C)c1-c1ccccc1P(C1CCCCC1)C1CCCCC1.Cc1ccccc1P(C1CCCCC1)C1CCCCC1. The van der Waals surface area contributed by atoms with Crippen molar-refractivity contribution in [2.45, 2.75) is 165 Å². The van der Waals surface area contributed by atoms with E-state index in [0.29, 0.717) is 0 Å². The van der Waals surface area contributed by atoms with Gasteiger partial charge in [0.25, 0.3) is 0 Å². The lowest BCUT2D eigenvalue weighted by molar-refractivity contribution is 0.416. The van der Waals surface area contributed by atoms with E-state index in [1.54, 1.807) is 16.2 Å². The zero-order chi connectivity index (χ0) is 33.1. The molecule has 48 heavy (non-hydrogen) atoms. The summed E-state index contributed by atoms with van der Waals surface area (Å²) in [6.45, 7) is 4.58. The van der Waals surface area contributed by atoms with Gasteiger partial charge >= 0.3 is 0 Å². The highest BCUT2D eigenvalue weighted by atomic mass is 31.1. The van der Waals surface area contributed by atoms with E-state index in [1.807, 2.05) is 7.11 Å². The lowest BCUT2D eigenvalue weighted by Gasteiger charge is -2.39. The first-order valence-corrected chi connectivity index (χ1v) is 23.0. The van der Waals surface area contributed by atoms with Crippen LogP contribution in [0.15, 0.2) is 66.7 Å². The number of ether oxygens (including phenoxy) is 1. The van der Waals surface area contributed by atoms with E-state index in [9.17, 15) is 0 Å². The average molecular weight is 683 g/mol. The molecule has 3 aromatic carbocycles. The highest BCUT2D eigenvalue weighted by molar-refractivity contribution is 7.67. The van der Waals surface area contributed by atoms with Crippen molar-refractivity contribution in [2.24, 2.45) is 0 Å². The molecule has 4 aliphatic rings. The molecule has 0 heterocycles. The Morgan fingerprint density at radius 3 is 1.29 bits per heavy atom. The molecule has 0 N–H and O–H groups in total. The van der Waals surface area contributed by atoms with Crippen LogP contribution in [-0.4, -0.2) is 29.7 Å². The quantitative estimate of drug-likeness (QED) is 0.215. The fourth-order valence-corrected chi connectivity index (χ4v) is 17.7. The fraction of sp³-hybridized carbons (Fsp3) is 0.600. The third kappa shape index (κ3) is 8.96. The molecule has 4 fully saturated rings.